The molecule has 0 saturated carbocycles. The summed E-state index contributed by atoms with van der Waals surface area (Å²) in [6.45, 7) is 0.655. The highest BCUT2D eigenvalue weighted by Gasteiger charge is 2.34. The van der Waals surface area contributed by atoms with Gasteiger partial charge in [0.2, 0.25) is 0 Å². The van der Waals surface area contributed by atoms with Crippen LogP contribution in [0, 0.1) is 5.92 Å². The maximum atomic E-state index is 12.2. The van der Waals surface area contributed by atoms with Crippen molar-refractivity contribution < 1.29 is 23.1 Å². The summed E-state index contributed by atoms with van der Waals surface area (Å²) >= 11 is 0. The number of halogens is 3. The topological polar surface area (TPSA) is 64.6 Å². The van der Waals surface area contributed by atoms with Gasteiger partial charge in [0.1, 0.15) is 0 Å². The number of aliphatic hydroxyl groups is 1. The van der Waals surface area contributed by atoms with Gasteiger partial charge in [0.15, 0.2) is 0 Å². The van der Waals surface area contributed by atoms with Crippen molar-refractivity contribution in [3.05, 3.63) is 0 Å². The zero-order chi connectivity index (χ0) is 14.3. The molecule has 1 heterocycles. The molecule has 0 aromatic heterocycles. The molecule has 2 amide bonds. The van der Waals surface area contributed by atoms with Crippen molar-refractivity contribution in [3.8, 4) is 0 Å². The third kappa shape index (κ3) is 7.22. The van der Waals surface area contributed by atoms with E-state index in [0.29, 0.717) is 39.0 Å². The van der Waals surface area contributed by atoms with Crippen LogP contribution < -0.4 is 10.6 Å². The molecule has 0 radical (unpaired) electrons. The molecule has 0 aromatic rings. The summed E-state index contributed by atoms with van der Waals surface area (Å²) < 4.78 is 36.5. The number of hydrogen-bond acceptors (Lipinski definition) is 3. The largest absolute Gasteiger partial charge is 0.401 e. The highest BCUT2D eigenvalue weighted by molar-refractivity contribution is 5.73. The molecule has 1 fully saturated rings. The van der Waals surface area contributed by atoms with E-state index in [2.05, 4.69) is 10.6 Å². The Hall–Kier alpha value is -1.02. The number of nitrogens with one attached hydrogen (secondary N) is 2. The fraction of sp³-hybridized carbons (Fsp3) is 0.909. The summed E-state index contributed by atoms with van der Waals surface area (Å²) in [4.78, 5) is 12.6. The molecule has 3 N–H and O–H groups in total. The van der Waals surface area contributed by atoms with E-state index in [-0.39, 0.29) is 18.6 Å². The lowest BCUT2D eigenvalue weighted by atomic mass is 10.1. The molecule has 1 atom stereocenters. The van der Waals surface area contributed by atoms with Gasteiger partial charge in [-0.05, 0) is 25.3 Å². The molecule has 1 saturated heterocycles. The van der Waals surface area contributed by atoms with Crippen molar-refractivity contribution in [2.75, 3.05) is 39.3 Å². The van der Waals surface area contributed by atoms with Crippen LogP contribution in [-0.4, -0.2) is 61.5 Å². The van der Waals surface area contributed by atoms with E-state index in [0.717, 1.165) is 0 Å². The van der Waals surface area contributed by atoms with Crippen LogP contribution in [0.3, 0.4) is 0 Å². The minimum absolute atomic E-state index is 0.00923. The fourth-order valence-corrected chi connectivity index (χ4v) is 2.06. The van der Waals surface area contributed by atoms with Gasteiger partial charge in [-0.1, -0.05) is 0 Å². The summed E-state index contributed by atoms with van der Waals surface area (Å²) in [5, 5.41) is 13.7. The van der Waals surface area contributed by atoms with E-state index >= 15 is 0 Å². The van der Waals surface area contributed by atoms with E-state index in [9.17, 15) is 18.0 Å². The summed E-state index contributed by atoms with van der Waals surface area (Å²) in [5.74, 6) is 0.0611. The summed E-state index contributed by atoms with van der Waals surface area (Å²) in [5.41, 5.74) is 0. The van der Waals surface area contributed by atoms with Crippen LogP contribution in [0.4, 0.5) is 18.0 Å². The number of hydrogen-bond donors (Lipinski definition) is 3. The SMILES string of the molecule is O=C(NCCCO)NCC1CCN(CC(F)(F)F)C1. The number of aliphatic hydroxyl groups excluding tert-OH is 1. The lowest BCUT2D eigenvalue weighted by Gasteiger charge is -2.18. The number of nitrogens with zero attached hydrogens (tertiary/aromatic N) is 1. The van der Waals surface area contributed by atoms with Crippen LogP contribution in [-0.2, 0) is 0 Å². The molecule has 8 heteroatoms. The number of alkyl halides is 3. The molecule has 1 aliphatic heterocycles. The first-order valence-corrected chi connectivity index (χ1v) is 6.32. The van der Waals surface area contributed by atoms with Crippen LogP contribution in [0.1, 0.15) is 12.8 Å². The van der Waals surface area contributed by atoms with Gasteiger partial charge in [0, 0.05) is 26.2 Å². The van der Waals surface area contributed by atoms with E-state index < -0.39 is 12.7 Å². The van der Waals surface area contributed by atoms with Crippen molar-refractivity contribution >= 4 is 6.03 Å². The standard InChI is InChI=1S/C11H20F3N3O2/c12-11(13,14)8-17-4-2-9(7-17)6-16-10(19)15-3-1-5-18/h9,18H,1-8H2,(H2,15,16,19). The zero-order valence-electron chi connectivity index (χ0n) is 10.7. The molecule has 19 heavy (non-hydrogen) atoms. The van der Waals surface area contributed by atoms with Crippen molar-refractivity contribution in [2.24, 2.45) is 5.92 Å². The Morgan fingerprint density at radius 3 is 2.74 bits per heavy atom. The molecule has 1 rings (SSSR count). The van der Waals surface area contributed by atoms with Gasteiger partial charge in [-0.15, -0.1) is 0 Å². The predicted octanol–water partition coefficient (Wildman–Crippen LogP) is 0.552. The maximum absolute atomic E-state index is 12.2. The minimum Gasteiger partial charge on any atom is -0.396 e. The maximum Gasteiger partial charge on any atom is 0.401 e. The predicted molar refractivity (Wildman–Crippen MR) is 63.7 cm³/mol. The minimum atomic E-state index is -4.16. The van der Waals surface area contributed by atoms with Crippen LogP contribution in [0.25, 0.3) is 0 Å². The Morgan fingerprint density at radius 1 is 1.37 bits per heavy atom. The third-order valence-corrected chi connectivity index (χ3v) is 2.94. The Morgan fingerprint density at radius 2 is 2.11 bits per heavy atom. The van der Waals surface area contributed by atoms with Crippen molar-refractivity contribution in [1.82, 2.24) is 15.5 Å². The molecule has 5 nitrogen and oxygen atoms in total. The average Bonchev–Trinajstić information content (AvgIpc) is 2.72. The Kier molecular flexibility index (Phi) is 6.36. The highest BCUT2D eigenvalue weighted by Crippen LogP contribution is 2.22. The number of amides is 2. The number of carbonyl (C=O) groups is 1. The molecule has 0 aliphatic carbocycles. The zero-order valence-corrected chi connectivity index (χ0v) is 10.7. The van der Waals surface area contributed by atoms with Crippen LogP contribution in [0.2, 0.25) is 0 Å². The summed E-state index contributed by atoms with van der Waals surface area (Å²) in [6.07, 6.45) is -3.02. The van der Waals surface area contributed by atoms with E-state index in [4.69, 9.17) is 5.11 Å². The number of carbonyl (C=O) groups excluding carboxylic acids is 1. The number of likely N-dealkylation sites (tertiary alicyclic amines) is 1. The number of rotatable bonds is 6. The smallest absolute Gasteiger partial charge is 0.396 e. The first kappa shape index (κ1) is 16.0. The number of urea groups is 1. The van der Waals surface area contributed by atoms with Crippen molar-refractivity contribution in [1.29, 1.82) is 0 Å². The highest BCUT2D eigenvalue weighted by atomic mass is 19.4. The molecule has 0 bridgehead atoms. The van der Waals surface area contributed by atoms with E-state index in [1.807, 2.05) is 0 Å². The molecular formula is C11H20F3N3O2. The van der Waals surface area contributed by atoms with Crippen molar-refractivity contribution in [3.63, 3.8) is 0 Å². The lowest BCUT2D eigenvalue weighted by Crippen LogP contribution is -2.39. The van der Waals surface area contributed by atoms with Gasteiger partial charge in [-0.2, -0.15) is 13.2 Å². The van der Waals surface area contributed by atoms with Gasteiger partial charge in [-0.3, -0.25) is 4.90 Å². The van der Waals surface area contributed by atoms with Crippen LogP contribution in [0.15, 0.2) is 0 Å². The fourth-order valence-electron chi connectivity index (χ4n) is 2.06. The molecular weight excluding hydrogens is 263 g/mol. The first-order chi connectivity index (χ1) is 8.90. The molecule has 112 valence electrons. The average molecular weight is 283 g/mol. The van der Waals surface area contributed by atoms with Gasteiger partial charge in [0.25, 0.3) is 0 Å². The van der Waals surface area contributed by atoms with Gasteiger partial charge in [0.05, 0.1) is 6.54 Å². The van der Waals surface area contributed by atoms with Gasteiger partial charge >= 0.3 is 12.2 Å². The summed E-state index contributed by atoms with van der Waals surface area (Å²) in [7, 11) is 0. The third-order valence-electron chi connectivity index (χ3n) is 2.94. The second kappa shape index (κ2) is 7.54. The molecule has 0 aromatic carbocycles. The van der Waals surface area contributed by atoms with Crippen LogP contribution >= 0.6 is 0 Å². The first-order valence-electron chi connectivity index (χ1n) is 6.32. The summed E-state index contributed by atoms with van der Waals surface area (Å²) in [6, 6.07) is -0.345. The Bertz CT molecular complexity index is 287. The second-order valence-electron chi connectivity index (χ2n) is 4.72. The lowest BCUT2D eigenvalue weighted by molar-refractivity contribution is -0.143. The Balaban J connectivity index is 2.13. The monoisotopic (exact) mass is 283 g/mol. The normalized spacial score (nSPS) is 20.5. The van der Waals surface area contributed by atoms with Crippen LogP contribution in [0.5, 0.6) is 0 Å². The van der Waals surface area contributed by atoms with E-state index in [1.165, 1.54) is 4.90 Å². The molecule has 0 spiro atoms. The molecule has 1 unspecified atom stereocenters. The second-order valence-corrected chi connectivity index (χ2v) is 4.72. The van der Waals surface area contributed by atoms with Gasteiger partial charge < -0.3 is 15.7 Å². The van der Waals surface area contributed by atoms with Gasteiger partial charge in [-0.25, -0.2) is 4.79 Å². The van der Waals surface area contributed by atoms with Crippen molar-refractivity contribution in [2.45, 2.75) is 19.0 Å². The molecule has 1 aliphatic rings. The Labute approximate surface area is 110 Å². The quantitative estimate of drug-likeness (QED) is 0.624. The van der Waals surface area contributed by atoms with E-state index in [1.54, 1.807) is 0 Å².